The van der Waals surface area contributed by atoms with Crippen molar-refractivity contribution in [3.63, 3.8) is 0 Å². The van der Waals surface area contributed by atoms with Gasteiger partial charge in [0.05, 0.1) is 12.1 Å². The highest BCUT2D eigenvalue weighted by molar-refractivity contribution is 6.74. The molecule has 0 N–H and O–H groups in total. The zero-order chi connectivity index (χ0) is 19.1. The van der Waals surface area contributed by atoms with Crippen molar-refractivity contribution in [3.8, 4) is 0 Å². The van der Waals surface area contributed by atoms with Gasteiger partial charge in [0.25, 0.3) is 0 Å². The van der Waals surface area contributed by atoms with Crippen molar-refractivity contribution in [3.05, 3.63) is 35.4 Å². The fourth-order valence-corrected chi connectivity index (χ4v) is 3.51. The number of hydrogen-bond acceptors (Lipinski definition) is 4. The maximum absolute atomic E-state index is 13.8. The molecular weight excluding hydrogens is 351 g/mol. The van der Waals surface area contributed by atoms with Gasteiger partial charge in [-0.05, 0) is 23.7 Å². The standard InChI is InChI=1S/C17H22F3NO3Si/c1-15(2,3)25(4,5)24-16(17(18,19)20)10-14(21-23-16)13-8-6-12(11-22)7-9-13/h6-9,11H,10H2,1-5H3. The minimum absolute atomic E-state index is 0.147. The van der Waals surface area contributed by atoms with Gasteiger partial charge >= 0.3 is 12.0 Å². The molecule has 1 aliphatic heterocycles. The average Bonchev–Trinajstić information content (AvgIpc) is 2.90. The van der Waals surface area contributed by atoms with Crippen LogP contribution in [0.4, 0.5) is 13.2 Å². The second-order valence-electron chi connectivity index (χ2n) is 7.66. The minimum atomic E-state index is -4.73. The molecule has 0 aliphatic carbocycles. The van der Waals surface area contributed by atoms with E-state index in [0.29, 0.717) is 17.4 Å². The van der Waals surface area contributed by atoms with Crippen LogP contribution in [0, 0.1) is 0 Å². The van der Waals surface area contributed by atoms with Gasteiger partial charge in [-0.1, -0.05) is 50.2 Å². The molecule has 1 unspecified atom stereocenters. The molecule has 0 saturated carbocycles. The first-order chi connectivity index (χ1) is 11.3. The van der Waals surface area contributed by atoms with E-state index in [0.717, 1.165) is 0 Å². The van der Waals surface area contributed by atoms with Crippen LogP contribution in [0.1, 0.15) is 43.1 Å². The Morgan fingerprint density at radius 2 is 1.76 bits per heavy atom. The molecule has 25 heavy (non-hydrogen) atoms. The average molecular weight is 373 g/mol. The van der Waals surface area contributed by atoms with Gasteiger partial charge < -0.3 is 9.26 Å². The Morgan fingerprint density at radius 3 is 2.20 bits per heavy atom. The first-order valence-corrected chi connectivity index (χ1v) is 10.8. The van der Waals surface area contributed by atoms with Gasteiger partial charge in [-0.2, -0.15) is 13.2 Å². The molecule has 1 heterocycles. The summed E-state index contributed by atoms with van der Waals surface area (Å²) in [6.07, 6.45) is -4.59. The summed E-state index contributed by atoms with van der Waals surface area (Å²) in [6.45, 7) is 9.05. The molecule has 1 aliphatic rings. The van der Waals surface area contributed by atoms with Crippen molar-refractivity contribution in [1.29, 1.82) is 0 Å². The largest absolute Gasteiger partial charge is 0.457 e. The highest BCUT2D eigenvalue weighted by atomic mass is 28.4. The van der Waals surface area contributed by atoms with Crippen LogP contribution in [0.5, 0.6) is 0 Å². The number of oxime groups is 1. The van der Waals surface area contributed by atoms with Gasteiger partial charge in [0.1, 0.15) is 6.29 Å². The highest BCUT2D eigenvalue weighted by Gasteiger charge is 2.65. The van der Waals surface area contributed by atoms with Gasteiger partial charge in [0.2, 0.25) is 0 Å². The maximum atomic E-state index is 13.8. The third-order valence-corrected chi connectivity index (χ3v) is 9.19. The number of alkyl halides is 3. The molecular formula is C17H22F3NO3Si. The summed E-state index contributed by atoms with van der Waals surface area (Å²) in [5.41, 5.74) is 1.05. The number of benzene rings is 1. The zero-order valence-electron chi connectivity index (χ0n) is 14.9. The van der Waals surface area contributed by atoms with Crippen LogP contribution in [0.15, 0.2) is 29.4 Å². The van der Waals surface area contributed by atoms with E-state index in [1.165, 1.54) is 12.1 Å². The van der Waals surface area contributed by atoms with Crippen molar-refractivity contribution in [2.24, 2.45) is 5.16 Å². The lowest BCUT2D eigenvalue weighted by Crippen LogP contribution is -2.57. The summed E-state index contributed by atoms with van der Waals surface area (Å²) < 4.78 is 47.0. The molecule has 0 fully saturated rings. The lowest BCUT2D eigenvalue weighted by Gasteiger charge is -2.42. The number of carbonyl (C=O) groups is 1. The monoisotopic (exact) mass is 373 g/mol. The predicted molar refractivity (Wildman–Crippen MR) is 91.1 cm³/mol. The topological polar surface area (TPSA) is 47.9 Å². The van der Waals surface area contributed by atoms with E-state index in [-0.39, 0.29) is 5.71 Å². The molecule has 0 spiro atoms. The predicted octanol–water partition coefficient (Wildman–Crippen LogP) is 4.90. The lowest BCUT2D eigenvalue weighted by atomic mass is 10.0. The van der Waals surface area contributed by atoms with E-state index >= 15 is 0 Å². The number of nitrogens with zero attached hydrogens (tertiary/aromatic N) is 1. The van der Waals surface area contributed by atoms with Gasteiger partial charge in [-0.3, -0.25) is 4.79 Å². The van der Waals surface area contributed by atoms with Crippen LogP contribution in [0.25, 0.3) is 0 Å². The Bertz CT molecular complexity index is 678. The van der Waals surface area contributed by atoms with Crippen molar-refractivity contribution >= 4 is 20.3 Å². The molecule has 0 radical (unpaired) electrons. The summed E-state index contributed by atoms with van der Waals surface area (Å²) in [5, 5.41) is 3.24. The fraction of sp³-hybridized carbons (Fsp3) is 0.529. The molecule has 4 nitrogen and oxygen atoms in total. The highest BCUT2D eigenvalue weighted by Crippen LogP contribution is 2.48. The van der Waals surface area contributed by atoms with Crippen LogP contribution in [-0.2, 0) is 9.26 Å². The Balaban J connectivity index is 2.32. The summed E-state index contributed by atoms with van der Waals surface area (Å²) in [4.78, 5) is 15.6. The summed E-state index contributed by atoms with van der Waals surface area (Å²) in [6, 6.07) is 6.13. The van der Waals surface area contributed by atoms with Crippen molar-refractivity contribution in [2.75, 3.05) is 0 Å². The van der Waals surface area contributed by atoms with E-state index in [1.54, 1.807) is 25.2 Å². The molecule has 2 rings (SSSR count). The fourth-order valence-electron chi connectivity index (χ4n) is 2.15. The number of hydrogen-bond donors (Lipinski definition) is 0. The van der Waals surface area contributed by atoms with Crippen molar-refractivity contribution in [1.82, 2.24) is 0 Å². The van der Waals surface area contributed by atoms with Crippen LogP contribution >= 0.6 is 0 Å². The molecule has 0 amide bonds. The molecule has 1 aromatic rings. The van der Waals surface area contributed by atoms with Gasteiger partial charge in [-0.25, -0.2) is 0 Å². The number of aldehydes is 1. The third kappa shape index (κ3) is 3.79. The van der Waals surface area contributed by atoms with E-state index in [2.05, 4.69) is 5.16 Å². The minimum Gasteiger partial charge on any atom is -0.372 e. The summed E-state index contributed by atoms with van der Waals surface area (Å²) >= 11 is 0. The van der Waals surface area contributed by atoms with Crippen LogP contribution in [0.2, 0.25) is 18.1 Å². The third-order valence-electron chi connectivity index (χ3n) is 4.74. The first kappa shape index (κ1) is 19.6. The second kappa shape index (κ2) is 6.24. The zero-order valence-corrected chi connectivity index (χ0v) is 15.9. The number of carbonyl (C=O) groups excluding carboxylic acids is 1. The quantitative estimate of drug-likeness (QED) is 0.557. The maximum Gasteiger partial charge on any atom is 0.457 e. The lowest BCUT2D eigenvalue weighted by molar-refractivity contribution is -0.347. The molecule has 0 saturated heterocycles. The van der Waals surface area contributed by atoms with Crippen LogP contribution in [0.3, 0.4) is 0 Å². The van der Waals surface area contributed by atoms with E-state index in [1.807, 2.05) is 20.8 Å². The Morgan fingerprint density at radius 1 is 1.20 bits per heavy atom. The SMILES string of the molecule is CC(C)(C)[Si](C)(C)OC1(C(F)(F)F)CC(c2ccc(C=O)cc2)=NO1. The van der Waals surface area contributed by atoms with Gasteiger partial charge in [0, 0.05) is 5.56 Å². The van der Waals surface area contributed by atoms with Crippen LogP contribution < -0.4 is 0 Å². The smallest absolute Gasteiger partial charge is 0.372 e. The molecule has 138 valence electrons. The van der Waals surface area contributed by atoms with Crippen molar-refractivity contribution < 1.29 is 27.2 Å². The van der Waals surface area contributed by atoms with E-state index in [4.69, 9.17) is 9.26 Å². The van der Waals surface area contributed by atoms with E-state index < -0.39 is 31.7 Å². The molecule has 1 atom stereocenters. The van der Waals surface area contributed by atoms with Crippen molar-refractivity contribution in [2.45, 2.75) is 57.3 Å². The van der Waals surface area contributed by atoms with E-state index in [9.17, 15) is 18.0 Å². The number of rotatable bonds is 4. The summed E-state index contributed by atoms with van der Waals surface area (Å²) in [5.74, 6) is -2.77. The molecule has 0 aromatic heterocycles. The Kier molecular flexibility index (Phi) is 4.91. The Labute approximate surface area is 146 Å². The van der Waals surface area contributed by atoms with Gasteiger partial charge in [0.15, 0.2) is 8.32 Å². The van der Waals surface area contributed by atoms with Crippen LogP contribution in [-0.4, -0.2) is 32.3 Å². The second-order valence-corrected chi connectivity index (χ2v) is 12.4. The first-order valence-electron chi connectivity index (χ1n) is 7.89. The normalized spacial score (nSPS) is 21.7. The Hall–Kier alpha value is -1.67. The summed E-state index contributed by atoms with van der Waals surface area (Å²) in [7, 11) is -2.76. The number of halogens is 3. The molecule has 1 aromatic carbocycles. The van der Waals surface area contributed by atoms with Gasteiger partial charge in [-0.15, -0.1) is 0 Å². The molecule has 8 heteroatoms. The molecule has 0 bridgehead atoms.